The number of non-ortho nitro benzene ring substituents is 1. The zero-order valence-electron chi connectivity index (χ0n) is 17.6. The summed E-state index contributed by atoms with van der Waals surface area (Å²) < 4.78 is 5.35. The molecule has 32 heavy (non-hydrogen) atoms. The van der Waals surface area contributed by atoms with Crippen LogP contribution in [0.2, 0.25) is 0 Å². The Morgan fingerprint density at radius 1 is 1.22 bits per heavy atom. The van der Waals surface area contributed by atoms with Gasteiger partial charge in [-0.05, 0) is 54.8 Å². The lowest BCUT2D eigenvalue weighted by atomic mass is 9.98. The van der Waals surface area contributed by atoms with Crippen LogP contribution in [0.5, 0.6) is 5.75 Å². The molecule has 1 unspecified atom stereocenters. The number of fused-ring (bicyclic) bond motifs is 2. The molecular formula is C23H21N5O4. The fourth-order valence-corrected chi connectivity index (χ4v) is 4.43. The van der Waals surface area contributed by atoms with Crippen molar-refractivity contribution < 1.29 is 14.5 Å². The molecular weight excluding hydrogens is 410 g/mol. The lowest BCUT2D eigenvalue weighted by molar-refractivity contribution is -0.384. The van der Waals surface area contributed by atoms with Crippen molar-refractivity contribution in [2.24, 2.45) is 0 Å². The van der Waals surface area contributed by atoms with E-state index < -0.39 is 4.92 Å². The van der Waals surface area contributed by atoms with Crippen LogP contribution in [0.15, 0.2) is 48.7 Å². The number of carbonyl (C=O) groups is 1. The van der Waals surface area contributed by atoms with Gasteiger partial charge in [0.2, 0.25) is 0 Å². The molecule has 4 aromatic rings. The van der Waals surface area contributed by atoms with Crippen LogP contribution in [0, 0.1) is 17.0 Å². The summed E-state index contributed by atoms with van der Waals surface area (Å²) in [6.45, 7) is 2.35. The molecule has 0 bridgehead atoms. The first-order chi connectivity index (χ1) is 15.5. The predicted octanol–water partition coefficient (Wildman–Crippen LogP) is 3.90. The van der Waals surface area contributed by atoms with E-state index in [9.17, 15) is 14.9 Å². The average molecular weight is 431 g/mol. The molecule has 162 valence electrons. The fraction of sp³-hybridized carbons (Fsp3) is 0.217. The SMILES string of the molecule is COc1ccc2[nH]cc(CCN3C(=O)c4n[nH]c(C)c4C3c3ccc([N+](=O)[O-])cc3)c2c1. The predicted molar refractivity (Wildman–Crippen MR) is 118 cm³/mol. The number of nitrogens with one attached hydrogen (secondary N) is 2. The number of methoxy groups -OCH3 is 1. The van der Waals surface area contributed by atoms with Crippen molar-refractivity contribution in [3.8, 4) is 5.75 Å². The summed E-state index contributed by atoms with van der Waals surface area (Å²) >= 11 is 0. The number of aryl methyl sites for hydroxylation is 1. The zero-order valence-corrected chi connectivity index (χ0v) is 17.6. The smallest absolute Gasteiger partial charge is 0.275 e. The number of hydrogen-bond acceptors (Lipinski definition) is 5. The van der Waals surface area contributed by atoms with Crippen LogP contribution >= 0.6 is 0 Å². The molecule has 2 aromatic carbocycles. The van der Waals surface area contributed by atoms with Crippen molar-refractivity contribution in [1.29, 1.82) is 0 Å². The minimum atomic E-state index is -0.429. The summed E-state index contributed by atoms with van der Waals surface area (Å²) in [4.78, 5) is 28.9. The second kappa shape index (κ2) is 7.52. The van der Waals surface area contributed by atoms with Crippen LogP contribution in [0.4, 0.5) is 5.69 Å². The maximum absolute atomic E-state index is 13.2. The lowest BCUT2D eigenvalue weighted by Crippen LogP contribution is -2.31. The van der Waals surface area contributed by atoms with Crippen LogP contribution in [-0.2, 0) is 6.42 Å². The largest absolute Gasteiger partial charge is 0.497 e. The maximum atomic E-state index is 13.2. The molecule has 9 heteroatoms. The number of nitrogens with zero attached hydrogens (tertiary/aromatic N) is 3. The Bertz CT molecular complexity index is 1340. The Morgan fingerprint density at radius 3 is 2.72 bits per heavy atom. The minimum Gasteiger partial charge on any atom is -0.497 e. The van der Waals surface area contributed by atoms with Gasteiger partial charge in [0, 0.05) is 47.0 Å². The number of H-pyrrole nitrogens is 2. The van der Waals surface area contributed by atoms with Crippen LogP contribution in [0.25, 0.3) is 10.9 Å². The van der Waals surface area contributed by atoms with Gasteiger partial charge in [0.15, 0.2) is 5.69 Å². The highest BCUT2D eigenvalue weighted by Gasteiger charge is 2.41. The van der Waals surface area contributed by atoms with Crippen LogP contribution in [0.1, 0.15) is 38.9 Å². The number of nitro benzene ring substituents is 1. The van der Waals surface area contributed by atoms with Crippen molar-refractivity contribution in [3.63, 3.8) is 0 Å². The number of nitro groups is 1. The fourth-order valence-electron chi connectivity index (χ4n) is 4.43. The Hall–Kier alpha value is -4.14. The molecule has 1 atom stereocenters. The first-order valence-corrected chi connectivity index (χ1v) is 10.2. The molecule has 0 spiro atoms. The Balaban J connectivity index is 1.48. The third-order valence-electron chi connectivity index (χ3n) is 6.06. The van der Waals surface area contributed by atoms with Crippen molar-refractivity contribution in [2.45, 2.75) is 19.4 Å². The molecule has 0 radical (unpaired) electrons. The Morgan fingerprint density at radius 2 is 2.00 bits per heavy atom. The topological polar surface area (TPSA) is 117 Å². The zero-order chi connectivity index (χ0) is 22.4. The van der Waals surface area contributed by atoms with Gasteiger partial charge in [0.1, 0.15) is 5.75 Å². The molecule has 1 aliphatic rings. The Kier molecular flexibility index (Phi) is 4.66. The molecule has 0 aliphatic carbocycles. The number of amides is 1. The molecule has 3 heterocycles. The van der Waals surface area contributed by atoms with Gasteiger partial charge in [-0.1, -0.05) is 0 Å². The van der Waals surface area contributed by atoms with Gasteiger partial charge in [-0.25, -0.2) is 0 Å². The monoisotopic (exact) mass is 431 g/mol. The lowest BCUT2D eigenvalue weighted by Gasteiger charge is -2.26. The number of rotatable bonds is 6. The van der Waals surface area contributed by atoms with E-state index in [1.807, 2.05) is 31.3 Å². The summed E-state index contributed by atoms with van der Waals surface area (Å²) in [6, 6.07) is 11.9. The number of aromatic nitrogens is 3. The quantitative estimate of drug-likeness (QED) is 0.355. The summed E-state index contributed by atoms with van der Waals surface area (Å²) in [6.07, 6.45) is 2.59. The van der Waals surface area contributed by atoms with E-state index in [2.05, 4.69) is 15.2 Å². The number of aromatic amines is 2. The number of hydrogen-bond donors (Lipinski definition) is 2. The van der Waals surface area contributed by atoms with Gasteiger partial charge in [0.25, 0.3) is 11.6 Å². The molecule has 0 saturated carbocycles. The summed E-state index contributed by atoms with van der Waals surface area (Å²) in [5.41, 5.74) is 4.96. The molecule has 2 N–H and O–H groups in total. The highest BCUT2D eigenvalue weighted by atomic mass is 16.6. The number of carbonyl (C=O) groups excluding carboxylic acids is 1. The van der Waals surface area contributed by atoms with Gasteiger partial charge in [0.05, 0.1) is 18.1 Å². The van der Waals surface area contributed by atoms with Crippen molar-refractivity contribution in [3.05, 3.63) is 86.9 Å². The first-order valence-electron chi connectivity index (χ1n) is 10.2. The summed E-state index contributed by atoms with van der Waals surface area (Å²) in [7, 11) is 1.63. The van der Waals surface area contributed by atoms with Gasteiger partial charge >= 0.3 is 0 Å². The van der Waals surface area contributed by atoms with E-state index in [-0.39, 0.29) is 17.6 Å². The normalized spacial score (nSPS) is 15.4. The van der Waals surface area contributed by atoms with Gasteiger partial charge in [-0.2, -0.15) is 5.10 Å². The number of benzene rings is 2. The molecule has 0 fully saturated rings. The molecule has 1 amide bonds. The molecule has 5 rings (SSSR count). The summed E-state index contributed by atoms with van der Waals surface area (Å²) in [5, 5.41) is 19.2. The van der Waals surface area contributed by atoms with Crippen molar-refractivity contribution >= 4 is 22.5 Å². The molecule has 9 nitrogen and oxygen atoms in total. The van der Waals surface area contributed by atoms with E-state index in [1.165, 1.54) is 12.1 Å². The highest BCUT2D eigenvalue weighted by molar-refractivity contribution is 5.98. The van der Waals surface area contributed by atoms with E-state index >= 15 is 0 Å². The third-order valence-corrected chi connectivity index (χ3v) is 6.06. The van der Waals surface area contributed by atoms with Crippen LogP contribution in [0.3, 0.4) is 0 Å². The van der Waals surface area contributed by atoms with Crippen molar-refractivity contribution in [2.75, 3.05) is 13.7 Å². The van der Waals surface area contributed by atoms with Crippen LogP contribution < -0.4 is 4.74 Å². The third kappa shape index (κ3) is 3.09. The highest BCUT2D eigenvalue weighted by Crippen LogP contribution is 2.40. The van der Waals surface area contributed by atoms with Crippen molar-refractivity contribution in [1.82, 2.24) is 20.1 Å². The molecule has 0 saturated heterocycles. The van der Waals surface area contributed by atoms with Gasteiger partial charge in [-0.3, -0.25) is 20.0 Å². The first kappa shape index (κ1) is 19.8. The van der Waals surface area contributed by atoms with E-state index in [0.717, 1.165) is 39.0 Å². The maximum Gasteiger partial charge on any atom is 0.275 e. The molecule has 2 aromatic heterocycles. The molecule has 1 aliphatic heterocycles. The average Bonchev–Trinajstić information content (AvgIpc) is 3.46. The second-order valence-electron chi connectivity index (χ2n) is 7.84. The second-order valence-corrected chi connectivity index (χ2v) is 7.84. The van der Waals surface area contributed by atoms with Crippen LogP contribution in [-0.4, -0.2) is 44.6 Å². The van der Waals surface area contributed by atoms with Gasteiger partial charge in [-0.15, -0.1) is 0 Å². The van der Waals surface area contributed by atoms with Gasteiger partial charge < -0.3 is 14.6 Å². The van der Waals surface area contributed by atoms with E-state index in [4.69, 9.17) is 4.74 Å². The Labute approximate surface area is 183 Å². The van der Waals surface area contributed by atoms with E-state index in [0.29, 0.717) is 18.7 Å². The standard InChI is InChI=1S/C23H21N5O4/c1-13-20-21(26-25-13)23(29)27(22(20)14-3-5-16(6-4-14)28(30)31)10-9-15-12-24-19-8-7-17(32-2)11-18(15)19/h3-8,11-12,22,24H,9-10H2,1-2H3,(H,25,26). The minimum absolute atomic E-state index is 0.0153. The van der Waals surface area contributed by atoms with E-state index in [1.54, 1.807) is 24.1 Å². The number of ether oxygens (including phenoxy) is 1. The summed E-state index contributed by atoms with van der Waals surface area (Å²) in [5.74, 6) is 0.625.